The van der Waals surface area contributed by atoms with Crippen molar-refractivity contribution in [3.8, 4) is 5.88 Å². The van der Waals surface area contributed by atoms with E-state index in [2.05, 4.69) is 20.4 Å². The number of halogens is 4. The highest BCUT2D eigenvalue weighted by Crippen LogP contribution is 2.22. The van der Waals surface area contributed by atoms with Crippen molar-refractivity contribution in [3.05, 3.63) is 58.7 Å². The molecule has 140 valence electrons. The molecule has 9 heteroatoms. The zero-order chi connectivity index (χ0) is 19.2. The van der Waals surface area contributed by atoms with E-state index in [9.17, 15) is 18.0 Å². The van der Waals surface area contributed by atoms with Crippen molar-refractivity contribution in [1.29, 1.82) is 0 Å². The number of urea groups is 1. The average Bonchev–Trinajstić information content (AvgIpc) is 2.58. The number of hydrogen-bond acceptors (Lipinski definition) is 3. The molecule has 0 bridgehead atoms. The zero-order valence-corrected chi connectivity index (χ0v) is 14.6. The molecular weight excluding hydrogens is 371 g/mol. The third-order valence-electron chi connectivity index (χ3n) is 3.36. The number of nitrogens with zero attached hydrogens (tertiary/aromatic N) is 1. The van der Waals surface area contributed by atoms with E-state index < -0.39 is 18.8 Å². The van der Waals surface area contributed by atoms with Crippen LogP contribution in [0.25, 0.3) is 0 Å². The molecule has 2 N–H and O–H groups in total. The highest BCUT2D eigenvalue weighted by molar-refractivity contribution is 6.31. The van der Waals surface area contributed by atoms with Crippen molar-refractivity contribution in [2.45, 2.75) is 25.7 Å². The molecule has 0 saturated heterocycles. The molecule has 0 radical (unpaired) electrons. The van der Waals surface area contributed by atoms with Crippen LogP contribution in [0.3, 0.4) is 0 Å². The van der Waals surface area contributed by atoms with E-state index in [1.165, 1.54) is 12.3 Å². The summed E-state index contributed by atoms with van der Waals surface area (Å²) in [6, 6.07) is 9.30. The molecule has 26 heavy (non-hydrogen) atoms. The Morgan fingerprint density at radius 1 is 1.31 bits per heavy atom. The molecule has 1 aromatic heterocycles. The molecule has 0 aliphatic heterocycles. The fourth-order valence-electron chi connectivity index (χ4n) is 2.13. The lowest BCUT2D eigenvalue weighted by Crippen LogP contribution is -2.36. The van der Waals surface area contributed by atoms with Crippen molar-refractivity contribution in [3.63, 3.8) is 0 Å². The van der Waals surface area contributed by atoms with Crippen LogP contribution in [-0.4, -0.2) is 23.8 Å². The zero-order valence-electron chi connectivity index (χ0n) is 13.8. The van der Waals surface area contributed by atoms with Crippen molar-refractivity contribution in [2.75, 3.05) is 6.61 Å². The number of carbonyl (C=O) groups excluding carboxylic acids is 1. The molecule has 0 unspecified atom stereocenters. The number of ether oxygens (including phenoxy) is 1. The van der Waals surface area contributed by atoms with Crippen molar-refractivity contribution >= 4 is 17.6 Å². The summed E-state index contributed by atoms with van der Waals surface area (Å²) in [5, 5.41) is 5.90. The molecule has 0 fully saturated rings. The lowest BCUT2D eigenvalue weighted by atomic mass is 10.1. The molecule has 2 aromatic rings. The number of aromatic nitrogens is 1. The molecular formula is C17H17ClF3N3O2. The number of rotatable bonds is 6. The fourth-order valence-corrected chi connectivity index (χ4v) is 2.43. The summed E-state index contributed by atoms with van der Waals surface area (Å²) in [7, 11) is 0. The van der Waals surface area contributed by atoms with E-state index in [1.807, 2.05) is 6.07 Å². The number of nitrogens with one attached hydrogen (secondary N) is 2. The third-order valence-corrected chi connectivity index (χ3v) is 3.70. The van der Waals surface area contributed by atoms with E-state index in [1.54, 1.807) is 31.2 Å². The Hall–Kier alpha value is -2.48. The van der Waals surface area contributed by atoms with Gasteiger partial charge in [-0.15, -0.1) is 0 Å². The van der Waals surface area contributed by atoms with E-state index in [0.717, 1.165) is 5.56 Å². The van der Waals surface area contributed by atoms with Gasteiger partial charge in [0.25, 0.3) is 0 Å². The number of hydrogen-bond donors (Lipinski definition) is 2. The van der Waals surface area contributed by atoms with E-state index >= 15 is 0 Å². The summed E-state index contributed by atoms with van der Waals surface area (Å²) in [5.74, 6) is -0.161. The van der Waals surface area contributed by atoms with Gasteiger partial charge in [0, 0.05) is 23.8 Å². The van der Waals surface area contributed by atoms with Gasteiger partial charge in [0.2, 0.25) is 5.88 Å². The molecule has 0 spiro atoms. The van der Waals surface area contributed by atoms with Crippen LogP contribution in [0, 0.1) is 0 Å². The topological polar surface area (TPSA) is 63.2 Å². The Kier molecular flexibility index (Phi) is 6.68. The molecule has 1 atom stereocenters. The van der Waals surface area contributed by atoms with Gasteiger partial charge in [-0.2, -0.15) is 13.2 Å². The smallest absolute Gasteiger partial charge is 0.422 e. The first-order chi connectivity index (χ1) is 12.2. The van der Waals surface area contributed by atoms with Crippen LogP contribution in [-0.2, 0) is 6.54 Å². The molecule has 0 aliphatic carbocycles. The molecule has 2 rings (SSSR count). The lowest BCUT2D eigenvalue weighted by molar-refractivity contribution is -0.154. The minimum atomic E-state index is -4.44. The van der Waals surface area contributed by atoms with Crippen LogP contribution in [0.2, 0.25) is 5.02 Å². The first kappa shape index (κ1) is 19.8. The number of carbonyl (C=O) groups is 1. The highest BCUT2D eigenvalue weighted by Gasteiger charge is 2.28. The summed E-state index contributed by atoms with van der Waals surface area (Å²) in [6.07, 6.45) is -3.13. The summed E-state index contributed by atoms with van der Waals surface area (Å²) in [4.78, 5) is 15.7. The second-order valence-electron chi connectivity index (χ2n) is 5.48. The van der Waals surface area contributed by atoms with Crippen molar-refractivity contribution in [2.24, 2.45) is 0 Å². The van der Waals surface area contributed by atoms with Crippen molar-refractivity contribution in [1.82, 2.24) is 15.6 Å². The SMILES string of the molecule is C[C@@H](NC(=O)NCc1ccnc(OCC(F)(F)F)c1)c1ccccc1Cl. The van der Waals surface area contributed by atoms with Gasteiger partial charge in [0.05, 0.1) is 6.04 Å². The molecule has 1 heterocycles. The van der Waals surface area contributed by atoms with Gasteiger partial charge in [0.15, 0.2) is 6.61 Å². The predicted molar refractivity (Wildman–Crippen MR) is 91.0 cm³/mol. The van der Waals surface area contributed by atoms with Gasteiger partial charge in [-0.25, -0.2) is 9.78 Å². The van der Waals surface area contributed by atoms with Crippen LogP contribution >= 0.6 is 11.6 Å². The normalized spacial score (nSPS) is 12.3. The van der Waals surface area contributed by atoms with Crippen molar-refractivity contribution < 1.29 is 22.7 Å². The fraction of sp³-hybridized carbons (Fsp3) is 0.294. The Morgan fingerprint density at radius 2 is 2.04 bits per heavy atom. The number of alkyl halides is 3. The quantitative estimate of drug-likeness (QED) is 0.779. The minimum absolute atomic E-state index is 0.103. The van der Waals surface area contributed by atoms with Gasteiger partial charge in [-0.3, -0.25) is 0 Å². The Labute approximate surface area is 153 Å². The first-order valence-corrected chi connectivity index (χ1v) is 8.05. The monoisotopic (exact) mass is 387 g/mol. The Morgan fingerprint density at radius 3 is 2.73 bits per heavy atom. The Balaban J connectivity index is 1.86. The maximum absolute atomic E-state index is 12.2. The van der Waals surface area contributed by atoms with Crippen LogP contribution < -0.4 is 15.4 Å². The van der Waals surface area contributed by atoms with E-state index in [0.29, 0.717) is 10.6 Å². The highest BCUT2D eigenvalue weighted by atomic mass is 35.5. The van der Waals surface area contributed by atoms with Crippen LogP contribution in [0.1, 0.15) is 24.1 Å². The van der Waals surface area contributed by atoms with Crippen LogP contribution in [0.15, 0.2) is 42.6 Å². The van der Waals surface area contributed by atoms with Crippen LogP contribution in [0.4, 0.5) is 18.0 Å². The third kappa shape index (κ3) is 6.44. The summed E-state index contributed by atoms with van der Waals surface area (Å²) in [5.41, 5.74) is 1.33. The predicted octanol–water partition coefficient (Wildman–Crippen LogP) is 4.24. The molecule has 0 aliphatic rings. The van der Waals surface area contributed by atoms with E-state index in [4.69, 9.17) is 11.6 Å². The number of benzene rings is 1. The van der Waals surface area contributed by atoms with Gasteiger partial charge in [-0.05, 0) is 30.2 Å². The molecule has 1 aromatic carbocycles. The number of amides is 2. The maximum Gasteiger partial charge on any atom is 0.422 e. The largest absolute Gasteiger partial charge is 0.468 e. The standard InChI is InChI=1S/C17H17ClF3N3O2/c1-11(13-4-2-3-5-14(13)18)24-16(25)23-9-12-6-7-22-15(8-12)26-10-17(19,20)21/h2-8,11H,9-10H2,1H3,(H2,23,24,25)/t11-/m1/s1. The van der Waals surface area contributed by atoms with E-state index in [-0.39, 0.29) is 18.5 Å². The minimum Gasteiger partial charge on any atom is -0.468 e. The summed E-state index contributed by atoms with van der Waals surface area (Å²) >= 11 is 6.08. The van der Waals surface area contributed by atoms with Gasteiger partial charge < -0.3 is 15.4 Å². The Bertz CT molecular complexity index is 756. The average molecular weight is 388 g/mol. The molecule has 0 saturated carbocycles. The first-order valence-electron chi connectivity index (χ1n) is 7.68. The van der Waals surface area contributed by atoms with Gasteiger partial charge >= 0.3 is 12.2 Å². The number of pyridine rings is 1. The molecule has 5 nitrogen and oxygen atoms in total. The summed E-state index contributed by atoms with van der Waals surface area (Å²) in [6.45, 7) is 0.467. The second kappa shape index (κ2) is 8.75. The van der Waals surface area contributed by atoms with Gasteiger partial charge in [-0.1, -0.05) is 29.8 Å². The van der Waals surface area contributed by atoms with Crippen LogP contribution in [0.5, 0.6) is 5.88 Å². The van der Waals surface area contributed by atoms with Gasteiger partial charge in [0.1, 0.15) is 0 Å². The lowest BCUT2D eigenvalue weighted by Gasteiger charge is -2.16. The molecule has 2 amide bonds. The maximum atomic E-state index is 12.2. The summed E-state index contributed by atoms with van der Waals surface area (Å²) < 4.78 is 41.0. The second-order valence-corrected chi connectivity index (χ2v) is 5.88.